The molecular formula is C16H22FN3. The van der Waals surface area contributed by atoms with E-state index in [9.17, 15) is 4.39 Å². The second kappa shape index (κ2) is 6.18. The van der Waals surface area contributed by atoms with E-state index in [0.29, 0.717) is 0 Å². The Bertz CT molecular complexity index is 577. The van der Waals surface area contributed by atoms with Crippen molar-refractivity contribution in [1.29, 1.82) is 0 Å². The van der Waals surface area contributed by atoms with E-state index in [4.69, 9.17) is 0 Å². The first-order valence-electron chi connectivity index (χ1n) is 6.96. The van der Waals surface area contributed by atoms with Crippen LogP contribution in [0, 0.1) is 12.7 Å². The van der Waals surface area contributed by atoms with Crippen LogP contribution in [0.25, 0.3) is 0 Å². The van der Waals surface area contributed by atoms with E-state index in [-0.39, 0.29) is 17.9 Å². The highest BCUT2D eigenvalue weighted by Gasteiger charge is 2.14. The van der Waals surface area contributed by atoms with Crippen LogP contribution in [0.4, 0.5) is 4.39 Å². The Balaban J connectivity index is 1.97. The number of hydrogen-bond donors (Lipinski definition) is 1. The molecule has 2 atom stereocenters. The topological polar surface area (TPSA) is 29.9 Å². The molecule has 0 saturated carbocycles. The summed E-state index contributed by atoms with van der Waals surface area (Å²) in [5, 5.41) is 7.81. The summed E-state index contributed by atoms with van der Waals surface area (Å²) in [7, 11) is 1.95. The molecule has 0 radical (unpaired) electrons. The first-order valence-corrected chi connectivity index (χ1v) is 6.96. The van der Waals surface area contributed by atoms with E-state index in [0.717, 1.165) is 12.0 Å². The molecule has 0 aliphatic carbocycles. The van der Waals surface area contributed by atoms with Crippen molar-refractivity contribution in [2.45, 2.75) is 39.3 Å². The van der Waals surface area contributed by atoms with E-state index in [1.165, 1.54) is 17.3 Å². The highest BCUT2D eigenvalue weighted by Crippen LogP contribution is 2.17. The molecule has 0 fully saturated rings. The summed E-state index contributed by atoms with van der Waals surface area (Å²) in [6, 6.07) is 7.29. The lowest BCUT2D eigenvalue weighted by atomic mass is 10.0. The summed E-state index contributed by atoms with van der Waals surface area (Å²) >= 11 is 0. The van der Waals surface area contributed by atoms with Crippen molar-refractivity contribution in [1.82, 2.24) is 15.1 Å². The molecule has 1 heterocycles. The van der Waals surface area contributed by atoms with Gasteiger partial charge in [-0.05, 0) is 44.9 Å². The van der Waals surface area contributed by atoms with Gasteiger partial charge in [-0.2, -0.15) is 5.10 Å². The molecule has 0 spiro atoms. The molecule has 2 rings (SSSR count). The van der Waals surface area contributed by atoms with Crippen LogP contribution in [0.2, 0.25) is 0 Å². The number of halogens is 1. The van der Waals surface area contributed by atoms with Crippen molar-refractivity contribution in [2.24, 2.45) is 7.05 Å². The zero-order valence-corrected chi connectivity index (χ0v) is 12.5. The number of nitrogens with one attached hydrogen (secondary N) is 1. The fourth-order valence-electron chi connectivity index (χ4n) is 2.53. The Hall–Kier alpha value is -1.68. The van der Waals surface area contributed by atoms with E-state index < -0.39 is 0 Å². The van der Waals surface area contributed by atoms with Gasteiger partial charge in [0.05, 0.1) is 6.20 Å². The molecule has 1 aromatic carbocycles. The van der Waals surface area contributed by atoms with Crippen LogP contribution in [0.3, 0.4) is 0 Å². The van der Waals surface area contributed by atoms with Crippen LogP contribution >= 0.6 is 0 Å². The minimum Gasteiger partial charge on any atom is -0.307 e. The highest BCUT2D eigenvalue weighted by atomic mass is 19.1. The summed E-state index contributed by atoms with van der Waals surface area (Å²) in [6.45, 7) is 6.32. The molecule has 1 N–H and O–H groups in total. The highest BCUT2D eigenvalue weighted by molar-refractivity contribution is 5.21. The van der Waals surface area contributed by atoms with E-state index >= 15 is 0 Å². The van der Waals surface area contributed by atoms with Crippen LogP contribution in [0.1, 0.15) is 36.7 Å². The van der Waals surface area contributed by atoms with Crippen molar-refractivity contribution >= 4 is 0 Å². The predicted molar refractivity (Wildman–Crippen MR) is 79.1 cm³/mol. The molecule has 2 unspecified atom stereocenters. The average molecular weight is 275 g/mol. The molecule has 1 aromatic heterocycles. The summed E-state index contributed by atoms with van der Waals surface area (Å²) in [5.41, 5.74) is 3.39. The molecule has 3 nitrogen and oxygen atoms in total. The number of benzene rings is 1. The molecule has 108 valence electrons. The Labute approximate surface area is 119 Å². The van der Waals surface area contributed by atoms with Crippen LogP contribution in [0.5, 0.6) is 0 Å². The third-order valence-electron chi connectivity index (χ3n) is 3.71. The molecule has 20 heavy (non-hydrogen) atoms. The van der Waals surface area contributed by atoms with Crippen molar-refractivity contribution in [3.05, 3.63) is 53.1 Å². The largest absolute Gasteiger partial charge is 0.307 e. The molecule has 0 aliphatic rings. The zero-order valence-electron chi connectivity index (χ0n) is 12.5. The number of rotatable bonds is 5. The Morgan fingerprint density at radius 2 is 2.10 bits per heavy atom. The van der Waals surface area contributed by atoms with Gasteiger partial charge in [0.2, 0.25) is 0 Å². The minimum absolute atomic E-state index is 0.175. The van der Waals surface area contributed by atoms with Gasteiger partial charge in [0.1, 0.15) is 5.82 Å². The molecule has 0 amide bonds. The van der Waals surface area contributed by atoms with Crippen molar-refractivity contribution in [3.8, 4) is 0 Å². The Morgan fingerprint density at radius 3 is 2.70 bits per heavy atom. The van der Waals surface area contributed by atoms with E-state index in [1.54, 1.807) is 12.1 Å². The predicted octanol–water partition coefficient (Wildman–Crippen LogP) is 3.15. The lowest BCUT2D eigenvalue weighted by molar-refractivity contribution is 0.474. The normalized spacial score (nSPS) is 14.2. The van der Waals surface area contributed by atoms with Crippen LogP contribution in [-0.2, 0) is 13.5 Å². The fraction of sp³-hybridized carbons (Fsp3) is 0.438. The summed E-state index contributed by atoms with van der Waals surface area (Å²) in [4.78, 5) is 0. The van der Waals surface area contributed by atoms with Gasteiger partial charge in [-0.3, -0.25) is 4.68 Å². The first-order chi connectivity index (χ1) is 9.47. The van der Waals surface area contributed by atoms with E-state index in [2.05, 4.69) is 31.2 Å². The van der Waals surface area contributed by atoms with Gasteiger partial charge in [0, 0.05) is 30.4 Å². The second-order valence-electron chi connectivity index (χ2n) is 5.43. The van der Waals surface area contributed by atoms with Gasteiger partial charge in [0.15, 0.2) is 0 Å². The monoisotopic (exact) mass is 275 g/mol. The third kappa shape index (κ3) is 3.45. The van der Waals surface area contributed by atoms with Gasteiger partial charge in [-0.25, -0.2) is 4.39 Å². The Morgan fingerprint density at radius 1 is 1.35 bits per heavy atom. The molecule has 0 saturated heterocycles. The van der Waals surface area contributed by atoms with E-state index in [1.807, 2.05) is 24.0 Å². The van der Waals surface area contributed by atoms with Crippen LogP contribution < -0.4 is 5.32 Å². The molecule has 0 bridgehead atoms. The van der Waals surface area contributed by atoms with Crippen molar-refractivity contribution < 1.29 is 4.39 Å². The third-order valence-corrected chi connectivity index (χ3v) is 3.71. The smallest absolute Gasteiger partial charge is 0.123 e. The number of aromatic nitrogens is 2. The number of hydrogen-bond acceptors (Lipinski definition) is 2. The lowest BCUT2D eigenvalue weighted by Crippen LogP contribution is -2.31. The molecule has 4 heteroatoms. The van der Waals surface area contributed by atoms with Crippen LogP contribution in [0.15, 0.2) is 30.5 Å². The average Bonchev–Trinajstić information content (AvgIpc) is 2.69. The Kier molecular flexibility index (Phi) is 4.55. The van der Waals surface area contributed by atoms with Crippen LogP contribution in [-0.4, -0.2) is 15.8 Å². The quantitative estimate of drug-likeness (QED) is 0.908. The number of nitrogens with zero attached hydrogens (tertiary/aromatic N) is 2. The van der Waals surface area contributed by atoms with Crippen molar-refractivity contribution in [3.63, 3.8) is 0 Å². The standard InChI is InChI=1S/C16H22FN3/c1-11(8-14-6-5-7-15(17)9-14)19-12(2)16-10-18-20(4)13(16)3/h5-7,9-12,19H,8H2,1-4H3. The second-order valence-corrected chi connectivity index (χ2v) is 5.43. The first kappa shape index (κ1) is 14.7. The SMILES string of the molecule is Cc1c(C(C)NC(C)Cc2cccc(F)c2)cnn1C. The summed E-state index contributed by atoms with van der Waals surface area (Å²) in [6.07, 6.45) is 2.71. The molecular weight excluding hydrogens is 253 g/mol. The van der Waals surface area contributed by atoms with Gasteiger partial charge < -0.3 is 5.32 Å². The van der Waals surface area contributed by atoms with Gasteiger partial charge in [-0.1, -0.05) is 12.1 Å². The fourth-order valence-corrected chi connectivity index (χ4v) is 2.53. The maximum Gasteiger partial charge on any atom is 0.123 e. The lowest BCUT2D eigenvalue weighted by Gasteiger charge is -2.20. The van der Waals surface area contributed by atoms with Gasteiger partial charge in [0.25, 0.3) is 0 Å². The minimum atomic E-state index is -0.175. The maximum absolute atomic E-state index is 13.2. The zero-order chi connectivity index (χ0) is 14.7. The maximum atomic E-state index is 13.2. The molecule has 0 aliphatic heterocycles. The summed E-state index contributed by atoms with van der Waals surface area (Å²) in [5.74, 6) is -0.175. The number of aryl methyl sites for hydroxylation is 1. The van der Waals surface area contributed by atoms with Gasteiger partial charge >= 0.3 is 0 Å². The van der Waals surface area contributed by atoms with Gasteiger partial charge in [-0.15, -0.1) is 0 Å². The molecule has 2 aromatic rings. The van der Waals surface area contributed by atoms with Crippen molar-refractivity contribution in [2.75, 3.05) is 0 Å². The summed E-state index contributed by atoms with van der Waals surface area (Å²) < 4.78 is 15.0.